The number of rotatable bonds is 3. The van der Waals surface area contributed by atoms with Crippen LogP contribution in [-0.4, -0.2) is 47.1 Å². The number of aromatic nitrogens is 3. The first-order valence-electron chi connectivity index (χ1n) is 5.76. The summed E-state index contributed by atoms with van der Waals surface area (Å²) in [5.74, 6) is 0.109. The summed E-state index contributed by atoms with van der Waals surface area (Å²) in [6.07, 6.45) is 1.29. The molecular formula is C11H13FN4O2. The SMILES string of the molecule is Fc1ccc2nc(NCC3COCCO3)nn2c1. The Bertz CT molecular complexity index is 539. The fourth-order valence-electron chi connectivity index (χ4n) is 1.79. The fourth-order valence-corrected chi connectivity index (χ4v) is 1.79. The molecule has 1 unspecified atom stereocenters. The second kappa shape index (κ2) is 4.87. The first-order chi connectivity index (χ1) is 8.81. The van der Waals surface area contributed by atoms with E-state index in [4.69, 9.17) is 9.47 Å². The van der Waals surface area contributed by atoms with Gasteiger partial charge in [0.2, 0.25) is 5.95 Å². The molecule has 0 radical (unpaired) electrons. The zero-order valence-electron chi connectivity index (χ0n) is 9.67. The predicted octanol–water partition coefficient (Wildman–Crippen LogP) is 0.696. The first-order valence-corrected chi connectivity index (χ1v) is 5.76. The summed E-state index contributed by atoms with van der Waals surface area (Å²) in [6.45, 7) is 2.38. The second-order valence-electron chi connectivity index (χ2n) is 4.03. The van der Waals surface area contributed by atoms with Gasteiger partial charge in [-0.2, -0.15) is 4.98 Å². The highest BCUT2D eigenvalue weighted by Crippen LogP contribution is 2.08. The van der Waals surface area contributed by atoms with Gasteiger partial charge in [0.05, 0.1) is 32.1 Å². The molecule has 1 aliphatic rings. The lowest BCUT2D eigenvalue weighted by Crippen LogP contribution is -2.34. The van der Waals surface area contributed by atoms with Crippen LogP contribution in [0.5, 0.6) is 0 Å². The Morgan fingerprint density at radius 2 is 2.39 bits per heavy atom. The third-order valence-corrected chi connectivity index (χ3v) is 2.67. The van der Waals surface area contributed by atoms with Gasteiger partial charge >= 0.3 is 0 Å². The summed E-state index contributed by atoms with van der Waals surface area (Å²) in [6, 6.07) is 2.93. The maximum absolute atomic E-state index is 13.0. The third-order valence-electron chi connectivity index (χ3n) is 2.67. The van der Waals surface area contributed by atoms with Gasteiger partial charge in [-0.1, -0.05) is 0 Å². The van der Waals surface area contributed by atoms with E-state index in [1.165, 1.54) is 16.8 Å². The fraction of sp³-hybridized carbons (Fsp3) is 0.455. The predicted molar refractivity (Wildman–Crippen MR) is 62.0 cm³/mol. The first kappa shape index (κ1) is 11.4. The van der Waals surface area contributed by atoms with Crippen LogP contribution < -0.4 is 5.32 Å². The van der Waals surface area contributed by atoms with Crippen LogP contribution in [0.2, 0.25) is 0 Å². The molecule has 6 nitrogen and oxygen atoms in total. The topological polar surface area (TPSA) is 60.7 Å². The standard InChI is InChI=1S/C11H13FN4O2/c12-8-1-2-10-14-11(15-16(10)6-8)13-5-9-7-17-3-4-18-9/h1-2,6,9H,3-5,7H2,(H,13,15). The Kier molecular flexibility index (Phi) is 3.07. The van der Waals surface area contributed by atoms with Crippen LogP contribution in [0.3, 0.4) is 0 Å². The summed E-state index contributed by atoms with van der Waals surface area (Å²) in [7, 11) is 0. The van der Waals surface area contributed by atoms with E-state index in [-0.39, 0.29) is 11.9 Å². The monoisotopic (exact) mass is 252 g/mol. The molecule has 0 aliphatic carbocycles. The molecular weight excluding hydrogens is 239 g/mol. The van der Waals surface area contributed by atoms with Crippen LogP contribution in [-0.2, 0) is 9.47 Å². The number of hydrogen-bond donors (Lipinski definition) is 1. The number of nitrogens with zero attached hydrogens (tertiary/aromatic N) is 3. The molecule has 1 saturated heterocycles. The zero-order valence-corrected chi connectivity index (χ0v) is 9.67. The molecule has 0 spiro atoms. The lowest BCUT2D eigenvalue weighted by atomic mass is 10.3. The minimum absolute atomic E-state index is 0.00194. The molecule has 7 heteroatoms. The number of fused-ring (bicyclic) bond motifs is 1. The number of ether oxygens (including phenoxy) is 2. The normalized spacial score (nSPS) is 20.2. The molecule has 2 aromatic heterocycles. The van der Waals surface area contributed by atoms with Crippen LogP contribution >= 0.6 is 0 Å². The molecule has 0 saturated carbocycles. The van der Waals surface area contributed by atoms with E-state index >= 15 is 0 Å². The van der Waals surface area contributed by atoms with Crippen LogP contribution in [0.1, 0.15) is 0 Å². The Morgan fingerprint density at radius 1 is 1.44 bits per heavy atom. The van der Waals surface area contributed by atoms with Crippen molar-refractivity contribution in [2.45, 2.75) is 6.10 Å². The van der Waals surface area contributed by atoms with Crippen LogP contribution in [0.4, 0.5) is 10.3 Å². The molecule has 18 heavy (non-hydrogen) atoms. The van der Waals surface area contributed by atoms with Crippen molar-refractivity contribution in [3.8, 4) is 0 Å². The van der Waals surface area contributed by atoms with Crippen LogP contribution in [0.15, 0.2) is 18.3 Å². The minimum atomic E-state index is -0.344. The van der Waals surface area contributed by atoms with Gasteiger partial charge in [0.1, 0.15) is 5.82 Å². The number of halogens is 1. The van der Waals surface area contributed by atoms with Gasteiger partial charge in [-0.3, -0.25) is 0 Å². The summed E-state index contributed by atoms with van der Waals surface area (Å²) >= 11 is 0. The van der Waals surface area contributed by atoms with Crippen molar-refractivity contribution in [2.24, 2.45) is 0 Å². The molecule has 1 atom stereocenters. The van der Waals surface area contributed by atoms with Crippen molar-refractivity contribution in [3.63, 3.8) is 0 Å². The van der Waals surface area contributed by atoms with Gasteiger partial charge in [0.25, 0.3) is 0 Å². The highest BCUT2D eigenvalue weighted by molar-refractivity contribution is 5.43. The molecule has 2 aromatic rings. The van der Waals surface area contributed by atoms with Gasteiger partial charge in [-0.05, 0) is 12.1 Å². The average molecular weight is 252 g/mol. The Hall–Kier alpha value is -1.73. The van der Waals surface area contributed by atoms with E-state index in [0.717, 1.165) is 0 Å². The number of nitrogens with one attached hydrogen (secondary N) is 1. The van der Waals surface area contributed by atoms with E-state index in [0.29, 0.717) is 38.0 Å². The lowest BCUT2D eigenvalue weighted by Gasteiger charge is -2.22. The maximum Gasteiger partial charge on any atom is 0.243 e. The smallest absolute Gasteiger partial charge is 0.243 e. The van der Waals surface area contributed by atoms with Crippen molar-refractivity contribution >= 4 is 11.6 Å². The molecule has 1 aliphatic heterocycles. The van der Waals surface area contributed by atoms with Crippen LogP contribution in [0.25, 0.3) is 5.65 Å². The molecule has 3 heterocycles. The zero-order chi connectivity index (χ0) is 12.4. The number of hydrogen-bond acceptors (Lipinski definition) is 5. The minimum Gasteiger partial charge on any atom is -0.376 e. The van der Waals surface area contributed by atoms with Gasteiger partial charge in [-0.15, -0.1) is 5.10 Å². The summed E-state index contributed by atoms with van der Waals surface area (Å²) in [5, 5.41) is 7.17. The lowest BCUT2D eigenvalue weighted by molar-refractivity contribution is -0.0819. The van der Waals surface area contributed by atoms with Crippen molar-refractivity contribution in [1.82, 2.24) is 14.6 Å². The maximum atomic E-state index is 13.0. The molecule has 0 bridgehead atoms. The summed E-state index contributed by atoms with van der Waals surface area (Å²) < 4.78 is 25.1. The number of anilines is 1. The average Bonchev–Trinajstić information content (AvgIpc) is 2.79. The van der Waals surface area contributed by atoms with E-state index in [1.807, 2.05) is 0 Å². The van der Waals surface area contributed by atoms with Crippen molar-refractivity contribution < 1.29 is 13.9 Å². The number of pyridine rings is 1. The molecule has 3 rings (SSSR count). The summed E-state index contributed by atoms with van der Waals surface area (Å²) in [5.41, 5.74) is 0.597. The highest BCUT2D eigenvalue weighted by Gasteiger charge is 2.14. The van der Waals surface area contributed by atoms with E-state index in [9.17, 15) is 4.39 Å². The quantitative estimate of drug-likeness (QED) is 0.871. The van der Waals surface area contributed by atoms with Gasteiger partial charge in [0.15, 0.2) is 5.65 Å². The van der Waals surface area contributed by atoms with Crippen LogP contribution in [0, 0.1) is 5.82 Å². The molecule has 96 valence electrons. The van der Waals surface area contributed by atoms with E-state index in [1.54, 1.807) is 6.07 Å². The third kappa shape index (κ3) is 2.41. The van der Waals surface area contributed by atoms with Gasteiger partial charge < -0.3 is 14.8 Å². The Labute approximate surface area is 103 Å². The van der Waals surface area contributed by atoms with Crippen molar-refractivity contribution in [3.05, 3.63) is 24.1 Å². The van der Waals surface area contributed by atoms with Crippen molar-refractivity contribution in [2.75, 3.05) is 31.7 Å². The molecule has 0 aromatic carbocycles. The second-order valence-corrected chi connectivity index (χ2v) is 4.03. The largest absolute Gasteiger partial charge is 0.376 e. The van der Waals surface area contributed by atoms with Crippen molar-refractivity contribution in [1.29, 1.82) is 0 Å². The molecule has 1 N–H and O–H groups in total. The Balaban J connectivity index is 1.67. The molecule has 0 amide bonds. The van der Waals surface area contributed by atoms with Gasteiger partial charge in [0, 0.05) is 6.54 Å². The highest BCUT2D eigenvalue weighted by atomic mass is 19.1. The van der Waals surface area contributed by atoms with Gasteiger partial charge in [-0.25, -0.2) is 8.91 Å². The Morgan fingerprint density at radius 3 is 3.22 bits per heavy atom. The molecule has 1 fully saturated rings. The summed E-state index contributed by atoms with van der Waals surface area (Å²) in [4.78, 5) is 4.22. The van der Waals surface area contributed by atoms with E-state index < -0.39 is 0 Å². The van der Waals surface area contributed by atoms with E-state index in [2.05, 4.69) is 15.4 Å².